The molecule has 2 N–H and O–H groups in total. The van der Waals surface area contributed by atoms with Crippen molar-refractivity contribution in [1.82, 2.24) is 0 Å². The number of anilines is 2. The number of thioether (sulfide) groups is 1. The van der Waals surface area contributed by atoms with Crippen LogP contribution in [-0.2, 0) is 14.3 Å². The number of nitrogens with zero attached hydrogens (tertiary/aromatic N) is 1. The molecule has 8 heteroatoms. The highest BCUT2D eigenvalue weighted by Gasteiger charge is 2.43. The maximum absolute atomic E-state index is 14.6. The third kappa shape index (κ3) is 4.55. The number of nitrogens with one attached hydrogen (secondary N) is 1. The lowest BCUT2D eigenvalue weighted by Crippen LogP contribution is -2.45. The van der Waals surface area contributed by atoms with Crippen molar-refractivity contribution in [3.05, 3.63) is 24.0 Å². The van der Waals surface area contributed by atoms with E-state index in [4.69, 9.17) is 4.74 Å². The van der Waals surface area contributed by atoms with E-state index in [1.54, 1.807) is 23.9 Å². The Hall–Kier alpha value is -1.80. The van der Waals surface area contributed by atoms with Gasteiger partial charge in [-0.25, -0.2) is 4.39 Å². The minimum Gasteiger partial charge on any atom is -0.481 e. The first kappa shape index (κ1) is 19.9. The zero-order chi connectivity index (χ0) is 19.6. The average Bonchev–Trinajstić information content (AvgIpc) is 3.03. The molecular weight excluding hydrogens is 371 g/mol. The molecule has 1 amide bonds. The number of ether oxygens (including phenoxy) is 1. The molecule has 2 aliphatic heterocycles. The summed E-state index contributed by atoms with van der Waals surface area (Å²) in [5, 5.41) is 12.1. The van der Waals surface area contributed by atoms with E-state index in [1.165, 1.54) is 6.07 Å². The minimum atomic E-state index is -1.02. The summed E-state index contributed by atoms with van der Waals surface area (Å²) in [7, 11) is 0. The highest BCUT2D eigenvalue weighted by atomic mass is 32.2. The van der Waals surface area contributed by atoms with Crippen LogP contribution < -0.4 is 10.2 Å². The molecule has 1 aromatic carbocycles. The number of carbonyl (C=O) groups excluding carboxylic acids is 1. The van der Waals surface area contributed by atoms with Crippen LogP contribution in [0.2, 0.25) is 0 Å². The van der Waals surface area contributed by atoms with Gasteiger partial charge in [0.15, 0.2) is 0 Å². The van der Waals surface area contributed by atoms with Crippen molar-refractivity contribution in [2.24, 2.45) is 5.41 Å². The van der Waals surface area contributed by atoms with Crippen molar-refractivity contribution in [3.63, 3.8) is 0 Å². The standard InChI is InChI=1S/C19H25FN2O4S/c1-12-9-22(10-13(2)26-12)16-4-3-14(7-15(16)20)21-17(23)8-19(18(24)25)5-6-27-11-19/h3-4,7,12-13H,5-6,8-11H2,1-2H3,(H,21,23)(H,24,25)/t12-,13-,19-/m1/s1. The number of carboxylic acids is 1. The van der Waals surface area contributed by atoms with Gasteiger partial charge in [0, 0.05) is 31.0 Å². The van der Waals surface area contributed by atoms with E-state index in [-0.39, 0.29) is 18.6 Å². The molecule has 2 fully saturated rings. The third-order valence-corrected chi connectivity index (χ3v) is 6.30. The second kappa shape index (κ2) is 8.06. The number of hydrogen-bond donors (Lipinski definition) is 2. The Kier molecular flexibility index (Phi) is 5.95. The molecule has 0 unspecified atom stereocenters. The van der Waals surface area contributed by atoms with Gasteiger partial charge in [-0.2, -0.15) is 11.8 Å². The van der Waals surface area contributed by atoms with Crippen molar-refractivity contribution in [2.75, 3.05) is 34.8 Å². The number of amides is 1. The summed E-state index contributed by atoms with van der Waals surface area (Å²) in [6, 6.07) is 4.58. The Labute approximate surface area is 162 Å². The Balaban J connectivity index is 1.67. The molecule has 0 bridgehead atoms. The molecular formula is C19H25FN2O4S. The molecule has 1 aromatic rings. The molecule has 0 spiro atoms. The number of aliphatic carboxylic acids is 1. The van der Waals surface area contributed by atoms with Crippen molar-refractivity contribution in [2.45, 2.75) is 38.9 Å². The van der Waals surface area contributed by atoms with E-state index in [2.05, 4.69) is 5.32 Å². The van der Waals surface area contributed by atoms with E-state index in [1.807, 2.05) is 18.7 Å². The number of benzene rings is 1. The van der Waals surface area contributed by atoms with Crippen LogP contribution >= 0.6 is 11.8 Å². The molecule has 2 heterocycles. The van der Waals surface area contributed by atoms with E-state index < -0.39 is 23.1 Å². The van der Waals surface area contributed by atoms with Crippen LogP contribution in [0.1, 0.15) is 26.7 Å². The summed E-state index contributed by atoms with van der Waals surface area (Å²) < 4.78 is 20.3. The van der Waals surface area contributed by atoms with Crippen molar-refractivity contribution in [1.29, 1.82) is 0 Å². The lowest BCUT2D eigenvalue weighted by Gasteiger charge is -2.37. The number of halogens is 1. The molecule has 0 radical (unpaired) electrons. The molecule has 148 valence electrons. The van der Waals surface area contributed by atoms with E-state index in [9.17, 15) is 19.1 Å². The summed E-state index contributed by atoms with van der Waals surface area (Å²) in [6.07, 6.45) is 0.409. The van der Waals surface area contributed by atoms with Crippen LogP contribution in [0.25, 0.3) is 0 Å². The fraction of sp³-hybridized carbons (Fsp3) is 0.579. The number of rotatable bonds is 5. The van der Waals surface area contributed by atoms with E-state index in [0.717, 1.165) is 5.75 Å². The Morgan fingerprint density at radius 1 is 1.37 bits per heavy atom. The van der Waals surface area contributed by atoms with Gasteiger partial charge in [-0.05, 0) is 44.2 Å². The molecule has 3 atom stereocenters. The Morgan fingerprint density at radius 3 is 2.63 bits per heavy atom. The van der Waals surface area contributed by atoms with Gasteiger partial charge in [-0.3, -0.25) is 9.59 Å². The summed E-state index contributed by atoms with van der Waals surface area (Å²) in [5.41, 5.74) is -0.209. The fourth-order valence-corrected chi connectivity index (χ4v) is 5.16. The Bertz CT molecular complexity index is 714. The number of morpholine rings is 1. The molecule has 2 saturated heterocycles. The molecule has 2 aliphatic rings. The monoisotopic (exact) mass is 396 g/mol. The van der Waals surface area contributed by atoms with Gasteiger partial charge < -0.3 is 20.1 Å². The highest BCUT2D eigenvalue weighted by molar-refractivity contribution is 7.99. The van der Waals surface area contributed by atoms with Crippen LogP contribution in [0.4, 0.5) is 15.8 Å². The zero-order valence-corrected chi connectivity index (χ0v) is 16.4. The van der Waals surface area contributed by atoms with Gasteiger partial charge in [0.25, 0.3) is 0 Å². The zero-order valence-electron chi connectivity index (χ0n) is 15.5. The summed E-state index contributed by atoms with van der Waals surface area (Å²) in [5.74, 6) is -0.602. The lowest BCUT2D eigenvalue weighted by molar-refractivity contribution is -0.149. The third-order valence-electron chi connectivity index (χ3n) is 5.05. The molecule has 0 aliphatic carbocycles. The molecule has 0 saturated carbocycles. The van der Waals surface area contributed by atoms with Crippen LogP contribution in [0, 0.1) is 11.2 Å². The maximum atomic E-state index is 14.6. The topological polar surface area (TPSA) is 78.9 Å². The van der Waals surface area contributed by atoms with Gasteiger partial charge in [-0.15, -0.1) is 0 Å². The SMILES string of the molecule is C[C@@H]1CN(c2ccc(NC(=O)C[C@]3(C(=O)O)CCSC3)cc2F)C[C@@H](C)O1. The van der Waals surface area contributed by atoms with Crippen LogP contribution in [0.5, 0.6) is 0 Å². The Morgan fingerprint density at radius 2 is 2.07 bits per heavy atom. The van der Waals surface area contributed by atoms with E-state index >= 15 is 0 Å². The lowest BCUT2D eigenvalue weighted by atomic mass is 9.84. The van der Waals surface area contributed by atoms with Gasteiger partial charge in [0.1, 0.15) is 5.82 Å². The first-order chi connectivity index (χ1) is 12.8. The normalized spacial score (nSPS) is 28.2. The molecule has 0 aromatic heterocycles. The second-order valence-corrected chi connectivity index (χ2v) is 8.55. The summed E-state index contributed by atoms with van der Waals surface area (Å²) in [4.78, 5) is 25.8. The predicted octanol–water partition coefficient (Wildman–Crippen LogP) is 2.98. The summed E-state index contributed by atoms with van der Waals surface area (Å²) in [6.45, 7) is 5.11. The maximum Gasteiger partial charge on any atom is 0.311 e. The highest BCUT2D eigenvalue weighted by Crippen LogP contribution is 2.39. The predicted molar refractivity (Wildman–Crippen MR) is 104 cm³/mol. The number of hydrogen-bond acceptors (Lipinski definition) is 5. The first-order valence-electron chi connectivity index (χ1n) is 9.10. The fourth-order valence-electron chi connectivity index (χ4n) is 3.72. The molecule has 27 heavy (non-hydrogen) atoms. The molecule has 6 nitrogen and oxygen atoms in total. The quantitative estimate of drug-likeness (QED) is 0.797. The molecule has 3 rings (SSSR count). The number of carbonyl (C=O) groups is 2. The summed E-state index contributed by atoms with van der Waals surface area (Å²) >= 11 is 1.54. The van der Waals surface area contributed by atoms with Gasteiger partial charge in [0.2, 0.25) is 5.91 Å². The first-order valence-corrected chi connectivity index (χ1v) is 10.3. The van der Waals surface area contributed by atoms with Gasteiger partial charge in [0.05, 0.1) is 23.3 Å². The smallest absolute Gasteiger partial charge is 0.311 e. The van der Waals surface area contributed by atoms with Crippen LogP contribution in [-0.4, -0.2) is 53.8 Å². The number of carboxylic acid groups (broad SMARTS) is 1. The average molecular weight is 396 g/mol. The van der Waals surface area contributed by atoms with Crippen LogP contribution in [0.3, 0.4) is 0 Å². The minimum absolute atomic E-state index is 0.0176. The van der Waals surface area contributed by atoms with Crippen molar-refractivity contribution >= 4 is 35.0 Å². The second-order valence-electron chi connectivity index (χ2n) is 7.44. The van der Waals surface area contributed by atoms with Crippen molar-refractivity contribution in [3.8, 4) is 0 Å². The van der Waals surface area contributed by atoms with Gasteiger partial charge in [-0.1, -0.05) is 0 Å². The van der Waals surface area contributed by atoms with Crippen LogP contribution in [0.15, 0.2) is 18.2 Å². The van der Waals surface area contributed by atoms with Crippen molar-refractivity contribution < 1.29 is 23.8 Å². The van der Waals surface area contributed by atoms with E-state index in [0.29, 0.717) is 36.6 Å². The largest absolute Gasteiger partial charge is 0.481 e. The van der Waals surface area contributed by atoms with Gasteiger partial charge >= 0.3 is 5.97 Å².